The van der Waals surface area contributed by atoms with Crippen molar-refractivity contribution in [3.63, 3.8) is 0 Å². The fourth-order valence-corrected chi connectivity index (χ4v) is 2.43. The van der Waals surface area contributed by atoms with Crippen LogP contribution in [-0.2, 0) is 19.1 Å². The molecule has 0 aliphatic heterocycles. The molecule has 0 N–H and O–H groups in total. The molecule has 1 aromatic carbocycles. The van der Waals surface area contributed by atoms with Gasteiger partial charge in [-0.15, -0.1) is 0 Å². The molecule has 0 fully saturated rings. The van der Waals surface area contributed by atoms with Crippen LogP contribution in [0.15, 0.2) is 72.9 Å². The molecule has 0 atom stereocenters. The Kier molecular flexibility index (Phi) is 12.2. The van der Waals surface area contributed by atoms with Crippen molar-refractivity contribution in [2.24, 2.45) is 4.99 Å². The topological polar surface area (TPSA) is 87.1 Å². The van der Waals surface area contributed by atoms with Gasteiger partial charge in [-0.25, -0.2) is 14.6 Å². The first-order valence-corrected chi connectivity index (χ1v) is 10.9. The molecule has 0 unspecified atom stereocenters. The zero-order valence-corrected chi connectivity index (χ0v) is 19.4. The molecule has 0 aliphatic carbocycles. The molecule has 0 spiro atoms. The van der Waals surface area contributed by atoms with E-state index in [1.54, 1.807) is 24.5 Å². The lowest BCUT2D eigenvalue weighted by Crippen LogP contribution is -2.06. The van der Waals surface area contributed by atoms with Crippen molar-refractivity contribution < 1.29 is 23.8 Å². The number of aromatic nitrogens is 1. The van der Waals surface area contributed by atoms with Crippen LogP contribution < -0.4 is 4.74 Å². The quantitative estimate of drug-likeness (QED) is 0.152. The standard InChI is InChI=1S/C28H26N2O5/c1-3-27(31)34-19-8-7-18-29-25-14-12-23(13-15-25)10-5-6-11-24-16-17-26(22-30-24)33-20-9-21-35-28(32)4-2/h3-4,12-18,22H,1-2,7-9,19-21H2. The number of hydrogen-bond acceptors (Lipinski definition) is 7. The summed E-state index contributed by atoms with van der Waals surface area (Å²) in [5.41, 5.74) is 2.22. The number of aliphatic imine (C=N–C) groups is 1. The second kappa shape index (κ2) is 16.1. The van der Waals surface area contributed by atoms with Gasteiger partial charge < -0.3 is 14.2 Å². The Morgan fingerprint density at radius 2 is 1.57 bits per heavy atom. The smallest absolute Gasteiger partial charge is 0.330 e. The molecule has 0 radical (unpaired) electrons. The van der Waals surface area contributed by atoms with Crippen LogP contribution in [-0.4, -0.2) is 43.0 Å². The molecule has 0 saturated heterocycles. The molecule has 7 heteroatoms. The largest absolute Gasteiger partial charge is 0.492 e. The van der Waals surface area contributed by atoms with Gasteiger partial charge in [0.05, 0.1) is 31.7 Å². The van der Waals surface area contributed by atoms with Crippen LogP contribution in [0, 0.1) is 23.7 Å². The zero-order valence-electron chi connectivity index (χ0n) is 19.4. The van der Waals surface area contributed by atoms with E-state index in [0.29, 0.717) is 43.9 Å². The summed E-state index contributed by atoms with van der Waals surface area (Å²) in [5.74, 6) is 11.2. The molecule has 7 nitrogen and oxygen atoms in total. The van der Waals surface area contributed by atoms with Gasteiger partial charge in [0.1, 0.15) is 11.4 Å². The Balaban J connectivity index is 1.73. The van der Waals surface area contributed by atoms with Gasteiger partial charge in [0.25, 0.3) is 0 Å². The van der Waals surface area contributed by atoms with Crippen LogP contribution >= 0.6 is 0 Å². The van der Waals surface area contributed by atoms with Gasteiger partial charge in [0.15, 0.2) is 0 Å². The van der Waals surface area contributed by atoms with Crippen molar-refractivity contribution >= 4 is 23.8 Å². The Labute approximate surface area is 205 Å². The molecule has 2 aromatic rings. The lowest BCUT2D eigenvalue weighted by Gasteiger charge is -2.05. The minimum absolute atomic E-state index is 0.271. The minimum Gasteiger partial charge on any atom is -0.492 e. The Hall–Kier alpha value is -4.62. The Morgan fingerprint density at radius 3 is 2.23 bits per heavy atom. The number of nitrogens with zero attached hydrogens (tertiary/aromatic N) is 2. The van der Waals surface area contributed by atoms with Crippen LogP contribution in [0.25, 0.3) is 0 Å². The van der Waals surface area contributed by atoms with Crippen molar-refractivity contribution in [3.05, 3.63) is 79.2 Å². The molecule has 2 rings (SSSR count). The Morgan fingerprint density at radius 1 is 0.886 bits per heavy atom. The van der Waals surface area contributed by atoms with Crippen LogP contribution in [0.3, 0.4) is 0 Å². The summed E-state index contributed by atoms with van der Waals surface area (Å²) in [5, 5.41) is 0. The lowest BCUT2D eigenvalue weighted by atomic mass is 10.2. The van der Waals surface area contributed by atoms with Gasteiger partial charge in [-0.05, 0) is 67.0 Å². The van der Waals surface area contributed by atoms with Crippen molar-refractivity contribution in [1.82, 2.24) is 4.98 Å². The summed E-state index contributed by atoms with van der Waals surface area (Å²) in [6, 6.07) is 11.0. The molecule has 35 heavy (non-hydrogen) atoms. The monoisotopic (exact) mass is 470 g/mol. The second-order valence-electron chi connectivity index (χ2n) is 6.83. The van der Waals surface area contributed by atoms with Gasteiger partial charge in [-0.3, -0.25) is 4.99 Å². The molecule has 0 amide bonds. The minimum atomic E-state index is -0.446. The molecule has 0 bridgehead atoms. The van der Waals surface area contributed by atoms with E-state index in [4.69, 9.17) is 14.2 Å². The molecular formula is C28H26N2O5. The van der Waals surface area contributed by atoms with E-state index < -0.39 is 11.9 Å². The average molecular weight is 471 g/mol. The van der Waals surface area contributed by atoms with Crippen LogP contribution in [0.2, 0.25) is 0 Å². The first-order chi connectivity index (χ1) is 17.1. The summed E-state index contributed by atoms with van der Waals surface area (Å²) in [4.78, 5) is 30.5. The maximum Gasteiger partial charge on any atom is 0.330 e. The normalized spacial score (nSPS) is 9.71. The van der Waals surface area contributed by atoms with Crippen LogP contribution in [0.4, 0.5) is 5.69 Å². The molecule has 1 heterocycles. The number of ether oxygens (including phenoxy) is 3. The molecular weight excluding hydrogens is 444 g/mol. The highest BCUT2D eigenvalue weighted by Crippen LogP contribution is 2.12. The van der Waals surface area contributed by atoms with E-state index in [-0.39, 0.29) is 6.61 Å². The number of unbranched alkanes of at least 4 members (excludes halogenated alkanes) is 1. The first kappa shape index (κ1) is 26.6. The third-order valence-corrected chi connectivity index (χ3v) is 4.16. The van der Waals surface area contributed by atoms with Crippen LogP contribution in [0.5, 0.6) is 5.75 Å². The maximum absolute atomic E-state index is 10.9. The van der Waals surface area contributed by atoms with Crippen molar-refractivity contribution in [1.29, 1.82) is 0 Å². The third-order valence-electron chi connectivity index (χ3n) is 4.16. The Bertz CT molecular complexity index is 1140. The average Bonchev–Trinajstić information content (AvgIpc) is 2.89. The molecule has 1 aromatic heterocycles. The number of carbonyl (C=O) groups excluding carboxylic acids is 2. The number of esters is 2. The summed E-state index contributed by atoms with van der Waals surface area (Å²) >= 11 is 0. The SMILES string of the molecule is C=CC(=O)OCCCC=Nc1ccc(C#CC#Cc2ccc(OCCCOC(=O)C=C)cn2)cc1. The van der Waals surface area contributed by atoms with Crippen molar-refractivity contribution in [2.45, 2.75) is 19.3 Å². The number of rotatable bonds is 12. The lowest BCUT2D eigenvalue weighted by molar-refractivity contribution is -0.138. The predicted molar refractivity (Wildman–Crippen MR) is 134 cm³/mol. The summed E-state index contributed by atoms with van der Waals surface area (Å²) in [6.07, 6.45) is 7.62. The third kappa shape index (κ3) is 11.7. The van der Waals surface area contributed by atoms with Crippen molar-refractivity contribution in [3.8, 4) is 29.4 Å². The second-order valence-corrected chi connectivity index (χ2v) is 6.83. The zero-order chi connectivity index (χ0) is 25.1. The van der Waals surface area contributed by atoms with E-state index in [0.717, 1.165) is 23.4 Å². The molecule has 0 aliphatic rings. The van der Waals surface area contributed by atoms with Gasteiger partial charge in [0.2, 0.25) is 0 Å². The highest BCUT2D eigenvalue weighted by atomic mass is 16.5. The number of hydrogen-bond donors (Lipinski definition) is 0. The molecule has 0 saturated carbocycles. The van der Waals surface area contributed by atoms with E-state index in [9.17, 15) is 9.59 Å². The van der Waals surface area contributed by atoms with Gasteiger partial charge in [-0.2, -0.15) is 0 Å². The predicted octanol–water partition coefficient (Wildman–Crippen LogP) is 4.19. The van der Waals surface area contributed by atoms with E-state index in [1.165, 1.54) is 0 Å². The number of carbonyl (C=O) groups is 2. The van der Waals surface area contributed by atoms with Gasteiger partial charge >= 0.3 is 11.9 Å². The summed E-state index contributed by atoms with van der Waals surface area (Å²) < 4.78 is 15.3. The highest BCUT2D eigenvalue weighted by molar-refractivity contribution is 5.81. The summed E-state index contributed by atoms with van der Waals surface area (Å²) in [7, 11) is 0. The first-order valence-electron chi connectivity index (χ1n) is 10.9. The number of benzene rings is 1. The van der Waals surface area contributed by atoms with E-state index in [1.807, 2.05) is 24.3 Å². The fourth-order valence-electron chi connectivity index (χ4n) is 2.43. The van der Waals surface area contributed by atoms with Crippen LogP contribution in [0.1, 0.15) is 30.5 Å². The van der Waals surface area contributed by atoms with Gasteiger partial charge in [-0.1, -0.05) is 19.1 Å². The van der Waals surface area contributed by atoms with Crippen molar-refractivity contribution in [2.75, 3.05) is 19.8 Å². The van der Waals surface area contributed by atoms with E-state index in [2.05, 4.69) is 46.8 Å². The summed E-state index contributed by atoms with van der Waals surface area (Å²) in [6.45, 7) is 7.69. The number of pyridine rings is 1. The molecule has 178 valence electrons. The maximum atomic E-state index is 10.9. The highest BCUT2D eigenvalue weighted by Gasteiger charge is 1.98. The van der Waals surface area contributed by atoms with E-state index >= 15 is 0 Å². The fraction of sp³-hybridized carbons (Fsp3) is 0.214. The van der Waals surface area contributed by atoms with Gasteiger partial charge in [0, 0.05) is 30.4 Å².